The molecule has 162 valence electrons. The first-order valence-electron chi connectivity index (χ1n) is 9.52. The van der Waals surface area contributed by atoms with Crippen molar-refractivity contribution in [3.05, 3.63) is 64.5 Å². The minimum atomic E-state index is -4.93. The highest BCUT2D eigenvalue weighted by atomic mass is 19.4. The molecule has 0 amide bonds. The van der Waals surface area contributed by atoms with Crippen LogP contribution in [0.4, 0.5) is 17.6 Å². The van der Waals surface area contributed by atoms with E-state index in [2.05, 4.69) is 0 Å². The number of ether oxygens (including phenoxy) is 1. The molecule has 1 atom stereocenters. The van der Waals surface area contributed by atoms with Crippen molar-refractivity contribution >= 4 is 0 Å². The molecule has 1 unspecified atom stereocenters. The molecule has 0 aliphatic rings. The van der Waals surface area contributed by atoms with E-state index in [9.17, 15) is 22.7 Å². The van der Waals surface area contributed by atoms with Crippen LogP contribution in [-0.2, 0) is 18.3 Å². The fourth-order valence-corrected chi connectivity index (χ4v) is 3.79. The van der Waals surface area contributed by atoms with E-state index in [1.807, 2.05) is 6.07 Å². The lowest BCUT2D eigenvalue weighted by Crippen LogP contribution is -2.50. The van der Waals surface area contributed by atoms with E-state index in [-0.39, 0.29) is 16.9 Å². The Bertz CT molecular complexity index is 947. The van der Waals surface area contributed by atoms with Crippen LogP contribution in [0.5, 0.6) is 5.75 Å². The van der Waals surface area contributed by atoms with Crippen LogP contribution in [0.25, 0.3) is 0 Å². The smallest absolute Gasteiger partial charge is 0.417 e. The number of aryl methyl sites for hydroxylation is 1. The molecular formula is C23H25F4NO2. The second kappa shape index (κ2) is 8.65. The number of methoxy groups -OCH3 is 1. The number of alkyl halides is 3. The maximum Gasteiger partial charge on any atom is 0.417 e. The first-order chi connectivity index (χ1) is 13.9. The molecule has 7 heteroatoms. The third kappa shape index (κ3) is 4.93. The lowest BCUT2D eigenvalue weighted by atomic mass is 9.72. The van der Waals surface area contributed by atoms with Gasteiger partial charge in [0.1, 0.15) is 11.6 Å². The van der Waals surface area contributed by atoms with E-state index >= 15 is 0 Å². The molecule has 30 heavy (non-hydrogen) atoms. The van der Waals surface area contributed by atoms with E-state index in [1.54, 1.807) is 6.92 Å². The number of nitrogens with zero attached hydrogens (tertiary/aromatic N) is 1. The monoisotopic (exact) mass is 423 g/mol. The molecule has 0 aromatic heterocycles. The van der Waals surface area contributed by atoms with Crippen molar-refractivity contribution in [3.63, 3.8) is 0 Å². The van der Waals surface area contributed by atoms with Crippen molar-refractivity contribution < 1.29 is 27.4 Å². The topological polar surface area (TPSA) is 53.2 Å². The van der Waals surface area contributed by atoms with Gasteiger partial charge in [-0.3, -0.25) is 0 Å². The molecule has 2 aromatic carbocycles. The highest BCUT2D eigenvalue weighted by molar-refractivity contribution is 5.42. The number of benzene rings is 2. The first kappa shape index (κ1) is 23.7. The van der Waals surface area contributed by atoms with Gasteiger partial charge >= 0.3 is 6.18 Å². The largest absolute Gasteiger partial charge is 0.496 e. The molecular weight excluding hydrogens is 398 g/mol. The third-order valence-electron chi connectivity index (χ3n) is 5.32. The summed E-state index contributed by atoms with van der Waals surface area (Å²) in [6.07, 6.45) is -5.83. The molecule has 3 nitrogen and oxygen atoms in total. The second-order valence-electron chi connectivity index (χ2n) is 8.07. The zero-order valence-electron chi connectivity index (χ0n) is 17.4. The predicted octanol–water partition coefficient (Wildman–Crippen LogP) is 5.47. The SMILES string of the molecule is CCc1cc(CC(O)(CC(C)(C)c2cc(F)ccc2OC)C(F)(F)F)ccc1C#N. The van der Waals surface area contributed by atoms with Gasteiger partial charge in [-0.1, -0.05) is 32.9 Å². The minimum Gasteiger partial charge on any atom is -0.496 e. The van der Waals surface area contributed by atoms with Crippen molar-refractivity contribution in [2.45, 2.75) is 57.2 Å². The summed E-state index contributed by atoms with van der Waals surface area (Å²) in [7, 11) is 1.35. The number of aliphatic hydroxyl groups is 1. The summed E-state index contributed by atoms with van der Waals surface area (Å²) in [5.41, 5.74) is -2.80. The summed E-state index contributed by atoms with van der Waals surface area (Å²) in [6.45, 7) is 4.82. The normalized spacial score (nSPS) is 14.1. The molecule has 2 rings (SSSR count). The summed E-state index contributed by atoms with van der Waals surface area (Å²) in [6, 6.07) is 10.1. The number of halogens is 4. The Balaban J connectivity index is 2.48. The lowest BCUT2D eigenvalue weighted by molar-refractivity contribution is -0.266. The highest BCUT2D eigenvalue weighted by Crippen LogP contribution is 2.45. The lowest BCUT2D eigenvalue weighted by Gasteiger charge is -2.38. The van der Waals surface area contributed by atoms with Crippen LogP contribution in [-0.4, -0.2) is 24.0 Å². The van der Waals surface area contributed by atoms with Gasteiger partial charge in [-0.05, 0) is 53.6 Å². The Morgan fingerprint density at radius 2 is 1.77 bits per heavy atom. The number of hydrogen-bond donors (Lipinski definition) is 1. The molecule has 0 saturated carbocycles. The van der Waals surface area contributed by atoms with E-state index in [4.69, 9.17) is 10.00 Å². The highest BCUT2D eigenvalue weighted by Gasteiger charge is 2.56. The fourth-order valence-electron chi connectivity index (χ4n) is 3.79. The minimum absolute atomic E-state index is 0.238. The van der Waals surface area contributed by atoms with Gasteiger partial charge < -0.3 is 9.84 Å². The Morgan fingerprint density at radius 3 is 2.30 bits per heavy atom. The third-order valence-corrected chi connectivity index (χ3v) is 5.32. The van der Waals surface area contributed by atoms with E-state index in [0.717, 1.165) is 12.1 Å². The average Bonchev–Trinajstić information content (AvgIpc) is 2.66. The standard InChI is InChI=1S/C23H25F4NO2/c1-5-16-10-15(6-7-17(16)13-28)12-22(29,23(25,26)27)14-21(2,3)19-11-18(24)8-9-20(19)30-4/h6-11,29H,5,12,14H2,1-4H3. The first-order valence-corrected chi connectivity index (χ1v) is 9.52. The van der Waals surface area contributed by atoms with Gasteiger partial charge in [-0.15, -0.1) is 0 Å². The number of rotatable bonds is 7. The van der Waals surface area contributed by atoms with Crippen LogP contribution in [0.3, 0.4) is 0 Å². The summed E-state index contributed by atoms with van der Waals surface area (Å²) in [5.74, 6) is -0.355. The molecule has 0 heterocycles. The number of nitriles is 1. The van der Waals surface area contributed by atoms with Gasteiger partial charge in [0.25, 0.3) is 0 Å². The van der Waals surface area contributed by atoms with Crippen molar-refractivity contribution in [1.29, 1.82) is 5.26 Å². The molecule has 0 aliphatic carbocycles. The van der Waals surface area contributed by atoms with Gasteiger partial charge in [0.05, 0.1) is 18.7 Å². The zero-order valence-corrected chi connectivity index (χ0v) is 17.4. The molecule has 0 saturated heterocycles. The maximum absolute atomic E-state index is 14.0. The van der Waals surface area contributed by atoms with Crippen LogP contribution in [0, 0.1) is 17.1 Å². The van der Waals surface area contributed by atoms with Gasteiger partial charge in [-0.2, -0.15) is 18.4 Å². The quantitative estimate of drug-likeness (QED) is 0.601. The van der Waals surface area contributed by atoms with Gasteiger partial charge in [-0.25, -0.2) is 4.39 Å². The van der Waals surface area contributed by atoms with Crippen molar-refractivity contribution in [2.75, 3.05) is 7.11 Å². The van der Waals surface area contributed by atoms with Crippen molar-refractivity contribution in [3.8, 4) is 11.8 Å². The fraction of sp³-hybridized carbons (Fsp3) is 0.435. The van der Waals surface area contributed by atoms with Crippen LogP contribution in [0.1, 0.15) is 49.4 Å². The van der Waals surface area contributed by atoms with Gasteiger partial charge in [0.2, 0.25) is 0 Å². The molecule has 0 spiro atoms. The van der Waals surface area contributed by atoms with Crippen molar-refractivity contribution in [2.24, 2.45) is 0 Å². The molecule has 0 aliphatic heterocycles. The Labute approximate surface area is 173 Å². The Morgan fingerprint density at radius 1 is 1.10 bits per heavy atom. The Hall–Kier alpha value is -2.59. The van der Waals surface area contributed by atoms with Gasteiger partial charge in [0.15, 0.2) is 5.60 Å². The zero-order chi connectivity index (χ0) is 22.7. The molecule has 0 fully saturated rings. The van der Waals surface area contributed by atoms with Crippen LogP contribution in [0.2, 0.25) is 0 Å². The maximum atomic E-state index is 14.0. The molecule has 2 aromatic rings. The number of hydrogen-bond acceptors (Lipinski definition) is 3. The van der Waals surface area contributed by atoms with Crippen molar-refractivity contribution in [1.82, 2.24) is 0 Å². The summed E-state index contributed by atoms with van der Waals surface area (Å²) in [5, 5.41) is 19.9. The van der Waals surface area contributed by atoms with Crippen LogP contribution < -0.4 is 4.74 Å². The van der Waals surface area contributed by atoms with Gasteiger partial charge in [0, 0.05) is 12.0 Å². The second-order valence-corrected chi connectivity index (χ2v) is 8.07. The summed E-state index contributed by atoms with van der Waals surface area (Å²) < 4.78 is 61.1. The average molecular weight is 423 g/mol. The summed E-state index contributed by atoms with van der Waals surface area (Å²) in [4.78, 5) is 0. The molecule has 1 N–H and O–H groups in total. The van der Waals surface area contributed by atoms with Crippen LogP contribution in [0.15, 0.2) is 36.4 Å². The predicted molar refractivity (Wildman–Crippen MR) is 106 cm³/mol. The van der Waals surface area contributed by atoms with E-state index in [1.165, 1.54) is 45.2 Å². The van der Waals surface area contributed by atoms with E-state index in [0.29, 0.717) is 17.5 Å². The van der Waals surface area contributed by atoms with Crippen LogP contribution >= 0.6 is 0 Å². The summed E-state index contributed by atoms with van der Waals surface area (Å²) >= 11 is 0. The molecule has 0 radical (unpaired) electrons. The molecule has 0 bridgehead atoms. The van der Waals surface area contributed by atoms with E-state index < -0.39 is 35.9 Å². The Kier molecular flexibility index (Phi) is 6.83.